The van der Waals surface area contributed by atoms with Gasteiger partial charge in [-0.15, -0.1) is 0 Å². The van der Waals surface area contributed by atoms with Crippen LogP contribution in [0.15, 0.2) is 24.3 Å². The summed E-state index contributed by atoms with van der Waals surface area (Å²) in [4.78, 5) is 23.1. The van der Waals surface area contributed by atoms with Crippen molar-refractivity contribution in [2.45, 2.75) is 13.0 Å². The number of carbonyl (C=O) groups is 2. The van der Waals surface area contributed by atoms with Crippen LogP contribution in [-0.2, 0) is 9.59 Å². The SMILES string of the molecule is CNC(=O)C[NH2+][C@@H](C)C(=O)Nc1ccccc1OC. The lowest BCUT2D eigenvalue weighted by Crippen LogP contribution is -2.93. The van der Waals surface area contributed by atoms with Crippen LogP contribution in [0.1, 0.15) is 6.92 Å². The van der Waals surface area contributed by atoms with Crippen LogP contribution in [0.3, 0.4) is 0 Å². The number of amides is 2. The molecule has 19 heavy (non-hydrogen) atoms. The lowest BCUT2D eigenvalue weighted by molar-refractivity contribution is -0.662. The first kappa shape index (κ1) is 15.0. The quantitative estimate of drug-likeness (QED) is 0.638. The minimum Gasteiger partial charge on any atom is -0.495 e. The Morgan fingerprint density at radius 2 is 2.05 bits per heavy atom. The fourth-order valence-corrected chi connectivity index (χ4v) is 1.49. The fraction of sp³-hybridized carbons (Fsp3) is 0.385. The minimum atomic E-state index is -0.359. The number of hydrogen-bond acceptors (Lipinski definition) is 3. The molecule has 0 aliphatic rings. The van der Waals surface area contributed by atoms with Crippen LogP contribution in [0.25, 0.3) is 0 Å². The van der Waals surface area contributed by atoms with Gasteiger partial charge in [-0.25, -0.2) is 0 Å². The largest absolute Gasteiger partial charge is 0.495 e. The van der Waals surface area contributed by atoms with Crippen LogP contribution in [0.2, 0.25) is 0 Å². The van der Waals surface area contributed by atoms with Crippen LogP contribution in [-0.4, -0.2) is 38.6 Å². The highest BCUT2D eigenvalue weighted by atomic mass is 16.5. The molecule has 0 aromatic heterocycles. The third kappa shape index (κ3) is 4.59. The maximum Gasteiger partial charge on any atom is 0.282 e. The van der Waals surface area contributed by atoms with Gasteiger partial charge in [0.1, 0.15) is 5.75 Å². The minimum absolute atomic E-state index is 0.114. The number of anilines is 1. The van der Waals surface area contributed by atoms with Gasteiger partial charge in [0, 0.05) is 7.05 Å². The Morgan fingerprint density at radius 3 is 2.68 bits per heavy atom. The standard InChI is InChI=1S/C13H19N3O3/c1-9(15-8-12(17)14-2)13(18)16-10-6-4-5-7-11(10)19-3/h4-7,9,15H,8H2,1-3H3,(H,14,17)(H,16,18)/p+1/t9-/m0/s1. The van der Waals surface area contributed by atoms with E-state index in [2.05, 4.69) is 10.6 Å². The third-order valence-corrected chi connectivity index (χ3v) is 2.71. The summed E-state index contributed by atoms with van der Waals surface area (Å²) in [5, 5.41) is 6.95. The number of carbonyl (C=O) groups excluding carboxylic acids is 2. The summed E-state index contributed by atoms with van der Waals surface area (Å²) < 4.78 is 5.15. The van der Waals surface area contributed by atoms with Gasteiger partial charge in [-0.05, 0) is 19.1 Å². The monoisotopic (exact) mass is 266 g/mol. The highest BCUT2D eigenvalue weighted by Gasteiger charge is 2.18. The summed E-state index contributed by atoms with van der Waals surface area (Å²) >= 11 is 0. The first-order valence-corrected chi connectivity index (χ1v) is 6.06. The topological polar surface area (TPSA) is 84.0 Å². The van der Waals surface area contributed by atoms with Crippen molar-refractivity contribution in [2.24, 2.45) is 0 Å². The van der Waals surface area contributed by atoms with E-state index in [1.165, 1.54) is 0 Å². The van der Waals surface area contributed by atoms with E-state index < -0.39 is 0 Å². The molecule has 0 saturated carbocycles. The molecule has 0 spiro atoms. The molecule has 2 amide bonds. The summed E-state index contributed by atoms with van der Waals surface area (Å²) in [5.41, 5.74) is 0.621. The second-order valence-electron chi connectivity index (χ2n) is 4.09. The van der Waals surface area contributed by atoms with Crippen molar-refractivity contribution in [1.82, 2.24) is 5.32 Å². The van der Waals surface area contributed by atoms with Crippen LogP contribution in [0, 0.1) is 0 Å². The van der Waals surface area contributed by atoms with E-state index in [-0.39, 0.29) is 24.4 Å². The average Bonchev–Trinajstić information content (AvgIpc) is 2.44. The highest BCUT2D eigenvalue weighted by molar-refractivity contribution is 5.95. The Hall–Kier alpha value is -2.08. The highest BCUT2D eigenvalue weighted by Crippen LogP contribution is 2.22. The number of para-hydroxylation sites is 2. The van der Waals surface area contributed by atoms with Crippen LogP contribution < -0.4 is 20.7 Å². The summed E-state index contributed by atoms with van der Waals surface area (Å²) in [6.07, 6.45) is 0. The maximum absolute atomic E-state index is 12.0. The number of benzene rings is 1. The van der Waals surface area contributed by atoms with E-state index in [0.29, 0.717) is 11.4 Å². The van der Waals surface area contributed by atoms with Gasteiger partial charge in [0.15, 0.2) is 12.6 Å². The van der Waals surface area contributed by atoms with Gasteiger partial charge in [0.25, 0.3) is 11.8 Å². The molecular formula is C13H20N3O3+. The van der Waals surface area contributed by atoms with Crippen molar-refractivity contribution in [3.63, 3.8) is 0 Å². The molecule has 1 atom stereocenters. The molecule has 1 aromatic rings. The average molecular weight is 266 g/mol. The summed E-state index contributed by atoms with van der Waals surface area (Å²) in [6, 6.07) is 6.82. The number of hydrogen-bond donors (Lipinski definition) is 3. The van der Waals surface area contributed by atoms with E-state index in [0.717, 1.165) is 0 Å². The second-order valence-corrected chi connectivity index (χ2v) is 4.09. The van der Waals surface area contributed by atoms with Gasteiger partial charge >= 0.3 is 0 Å². The van der Waals surface area contributed by atoms with Crippen molar-refractivity contribution in [3.05, 3.63) is 24.3 Å². The van der Waals surface area contributed by atoms with Gasteiger partial charge in [-0.2, -0.15) is 0 Å². The van der Waals surface area contributed by atoms with Crippen molar-refractivity contribution in [3.8, 4) is 5.75 Å². The van der Waals surface area contributed by atoms with Crippen LogP contribution >= 0.6 is 0 Å². The summed E-state index contributed by atoms with van der Waals surface area (Å²) in [7, 11) is 3.11. The Bertz CT molecular complexity index is 449. The summed E-state index contributed by atoms with van der Waals surface area (Å²) in [6.45, 7) is 1.96. The predicted molar refractivity (Wildman–Crippen MR) is 71.9 cm³/mol. The normalized spacial score (nSPS) is 11.5. The van der Waals surface area contributed by atoms with Crippen molar-refractivity contribution >= 4 is 17.5 Å². The maximum atomic E-state index is 12.0. The smallest absolute Gasteiger partial charge is 0.282 e. The molecule has 4 N–H and O–H groups in total. The number of nitrogens with one attached hydrogen (secondary N) is 2. The number of methoxy groups -OCH3 is 1. The zero-order valence-electron chi connectivity index (χ0n) is 11.4. The van der Waals surface area contributed by atoms with Gasteiger partial charge in [0.2, 0.25) is 0 Å². The predicted octanol–water partition coefficient (Wildman–Crippen LogP) is -0.668. The lowest BCUT2D eigenvalue weighted by atomic mass is 10.2. The molecule has 6 heteroatoms. The first-order valence-electron chi connectivity index (χ1n) is 6.06. The molecule has 6 nitrogen and oxygen atoms in total. The van der Waals surface area contributed by atoms with Crippen LogP contribution in [0.4, 0.5) is 5.69 Å². The molecule has 0 radical (unpaired) electrons. The summed E-state index contributed by atoms with van der Waals surface area (Å²) in [5.74, 6) is 0.319. The van der Waals surface area contributed by atoms with Gasteiger partial charge in [0.05, 0.1) is 12.8 Å². The molecule has 0 fully saturated rings. The zero-order valence-corrected chi connectivity index (χ0v) is 11.4. The van der Waals surface area contributed by atoms with E-state index in [1.807, 2.05) is 12.1 Å². The lowest BCUT2D eigenvalue weighted by Gasteiger charge is -2.13. The number of nitrogens with two attached hydrogens (primary N) is 1. The first-order chi connectivity index (χ1) is 9.08. The molecule has 1 aromatic carbocycles. The van der Waals surface area contributed by atoms with Crippen molar-refractivity contribution < 1.29 is 19.6 Å². The van der Waals surface area contributed by atoms with E-state index in [9.17, 15) is 9.59 Å². The molecule has 0 heterocycles. The molecule has 104 valence electrons. The van der Waals surface area contributed by atoms with Gasteiger partial charge in [-0.3, -0.25) is 9.59 Å². The van der Waals surface area contributed by atoms with Gasteiger partial charge in [-0.1, -0.05) is 12.1 Å². The zero-order chi connectivity index (χ0) is 14.3. The number of ether oxygens (including phenoxy) is 1. The fourth-order valence-electron chi connectivity index (χ4n) is 1.49. The molecule has 1 rings (SSSR count). The third-order valence-electron chi connectivity index (χ3n) is 2.71. The second kappa shape index (κ2) is 7.38. The van der Waals surface area contributed by atoms with E-state index >= 15 is 0 Å². The Morgan fingerprint density at radius 1 is 1.37 bits per heavy atom. The molecule has 0 aliphatic heterocycles. The molecule has 0 aliphatic carbocycles. The van der Waals surface area contributed by atoms with E-state index in [4.69, 9.17) is 4.74 Å². The van der Waals surface area contributed by atoms with Gasteiger partial charge < -0.3 is 20.7 Å². The van der Waals surface area contributed by atoms with E-state index in [1.54, 1.807) is 38.5 Å². The number of likely N-dealkylation sites (N-methyl/N-ethyl adjacent to an activating group) is 1. The Kier molecular flexibility index (Phi) is 5.81. The van der Waals surface area contributed by atoms with Crippen LogP contribution in [0.5, 0.6) is 5.75 Å². The van der Waals surface area contributed by atoms with Crippen molar-refractivity contribution in [1.29, 1.82) is 0 Å². The Labute approximate surface area is 112 Å². The molecule has 0 unspecified atom stereocenters. The number of quaternary nitrogens is 1. The molecule has 0 saturated heterocycles. The molecule has 0 bridgehead atoms. The Balaban J connectivity index is 2.56. The molecular weight excluding hydrogens is 246 g/mol. The number of rotatable bonds is 6. The van der Waals surface area contributed by atoms with Crippen molar-refractivity contribution in [2.75, 3.05) is 26.0 Å².